The summed E-state index contributed by atoms with van der Waals surface area (Å²) >= 11 is 11.8. The average Bonchev–Trinajstić information content (AvgIpc) is 3.08. The topological polar surface area (TPSA) is 141 Å². The lowest BCUT2D eigenvalue weighted by Crippen LogP contribution is -2.20. The normalized spacial score (nSPS) is 11.4. The Morgan fingerprint density at radius 2 is 0.917 bits per heavy atom. The maximum atomic E-state index is 12.5. The zero-order valence-electron chi connectivity index (χ0n) is 26.3. The van der Waals surface area contributed by atoms with Gasteiger partial charge in [0.15, 0.2) is 0 Å². The number of hydrogen-bond donors (Lipinski definition) is 4. The van der Waals surface area contributed by atoms with Crippen LogP contribution in [-0.4, -0.2) is 35.1 Å². The number of rotatable bonds is 13. The largest absolute Gasteiger partial charge is 0.322 e. The first kappa shape index (κ1) is 35.5. The summed E-state index contributed by atoms with van der Waals surface area (Å²) in [6.45, 7) is 3.50. The van der Waals surface area contributed by atoms with Gasteiger partial charge in [0.1, 0.15) is 0 Å². The van der Waals surface area contributed by atoms with Crippen LogP contribution in [0, 0.1) is 0 Å². The van der Waals surface area contributed by atoms with E-state index >= 15 is 0 Å². The van der Waals surface area contributed by atoms with Gasteiger partial charge < -0.3 is 10.6 Å². The number of hydrazone groups is 2. The molecule has 12 heteroatoms. The fourth-order valence-electron chi connectivity index (χ4n) is 4.36. The van der Waals surface area contributed by atoms with E-state index in [-0.39, 0.29) is 36.5 Å². The van der Waals surface area contributed by atoms with E-state index in [1.807, 2.05) is 12.1 Å². The Kier molecular flexibility index (Phi) is 13.0. The van der Waals surface area contributed by atoms with Crippen LogP contribution < -0.4 is 21.5 Å². The number of nitrogens with one attached hydrogen (secondary N) is 4. The second kappa shape index (κ2) is 17.6. The number of carbonyl (C=O) groups is 4. The molecular weight excluding hydrogens is 651 g/mol. The zero-order valence-corrected chi connectivity index (χ0v) is 27.9. The van der Waals surface area contributed by atoms with Crippen molar-refractivity contribution in [1.82, 2.24) is 10.9 Å². The summed E-state index contributed by atoms with van der Waals surface area (Å²) in [5.74, 6) is -1.10. The second-order valence-electron chi connectivity index (χ2n) is 10.8. The van der Waals surface area contributed by atoms with Crippen LogP contribution in [0.15, 0.2) is 107 Å². The van der Waals surface area contributed by atoms with E-state index in [1.165, 1.54) is 0 Å². The van der Waals surface area contributed by atoms with Crippen molar-refractivity contribution < 1.29 is 19.2 Å². The summed E-state index contributed by atoms with van der Waals surface area (Å²) < 4.78 is 0. The van der Waals surface area contributed by atoms with Crippen molar-refractivity contribution in [2.75, 3.05) is 10.6 Å². The zero-order chi connectivity index (χ0) is 34.5. The van der Waals surface area contributed by atoms with E-state index in [4.69, 9.17) is 23.2 Å². The Hall–Kier alpha value is -5.32. The molecule has 0 aliphatic heterocycles. The first-order valence-corrected chi connectivity index (χ1v) is 15.8. The van der Waals surface area contributed by atoms with Gasteiger partial charge in [-0.25, -0.2) is 10.9 Å². The molecular formula is C36H34Cl2N6O4. The molecule has 0 aliphatic carbocycles. The first-order valence-electron chi connectivity index (χ1n) is 15.1. The van der Waals surface area contributed by atoms with Crippen molar-refractivity contribution >= 4 is 69.6 Å². The minimum absolute atomic E-state index is 0.193. The van der Waals surface area contributed by atoms with Crippen molar-refractivity contribution in [3.63, 3.8) is 0 Å². The summed E-state index contributed by atoms with van der Waals surface area (Å²) in [7, 11) is 0. The predicted octanol–water partition coefficient (Wildman–Crippen LogP) is 7.44. The number of anilines is 2. The molecule has 0 radical (unpaired) electrons. The quantitative estimate of drug-likeness (QED) is 0.0660. The molecule has 4 aromatic carbocycles. The second-order valence-corrected chi connectivity index (χ2v) is 11.6. The van der Waals surface area contributed by atoms with Gasteiger partial charge in [0.2, 0.25) is 11.8 Å². The molecule has 0 bridgehead atoms. The third-order valence-corrected chi connectivity index (χ3v) is 7.55. The minimum Gasteiger partial charge on any atom is -0.322 e. The molecule has 10 nitrogen and oxygen atoms in total. The van der Waals surface area contributed by atoms with Crippen molar-refractivity contribution in [3.8, 4) is 0 Å². The van der Waals surface area contributed by atoms with Crippen LogP contribution in [0.5, 0.6) is 0 Å². The highest BCUT2D eigenvalue weighted by molar-refractivity contribution is 6.31. The highest BCUT2D eigenvalue weighted by atomic mass is 35.5. The third-order valence-electron chi connectivity index (χ3n) is 7.04. The number of amides is 4. The van der Waals surface area contributed by atoms with Gasteiger partial charge in [-0.2, -0.15) is 10.2 Å². The lowest BCUT2D eigenvalue weighted by molar-refractivity contribution is -0.123. The van der Waals surface area contributed by atoms with E-state index in [2.05, 4.69) is 31.7 Å². The molecule has 4 rings (SSSR count). The molecule has 0 atom stereocenters. The molecule has 0 spiro atoms. The van der Waals surface area contributed by atoms with E-state index < -0.39 is 0 Å². The van der Waals surface area contributed by atoms with Crippen LogP contribution >= 0.6 is 23.2 Å². The maximum Gasteiger partial charge on any atom is 0.255 e. The van der Waals surface area contributed by atoms with Crippen molar-refractivity contribution in [2.24, 2.45) is 10.2 Å². The molecule has 0 unspecified atom stereocenters. The van der Waals surface area contributed by atoms with Crippen molar-refractivity contribution in [1.29, 1.82) is 0 Å². The fourth-order valence-corrected chi connectivity index (χ4v) is 4.61. The summed E-state index contributed by atoms with van der Waals surface area (Å²) in [4.78, 5) is 49.7. The lowest BCUT2D eigenvalue weighted by Gasteiger charge is -2.08. The number of nitrogens with zero attached hydrogens (tertiary/aromatic N) is 2. The number of halogens is 2. The van der Waals surface area contributed by atoms with Crippen LogP contribution in [-0.2, 0) is 9.59 Å². The molecule has 0 aliphatic rings. The number of hydrogen-bond acceptors (Lipinski definition) is 6. The summed E-state index contributed by atoms with van der Waals surface area (Å²) in [5.41, 5.74) is 9.78. The Labute approximate surface area is 288 Å². The SMILES string of the molecule is C/C(=N\NC(=O)CCCCC(=O)N/N=C(\C)c1cccc(NC(=O)c2ccc(Cl)cc2)c1)c1cccc(NC(=O)c2ccc(Cl)cc2)c1. The van der Waals surface area contributed by atoms with Crippen LogP contribution in [0.4, 0.5) is 11.4 Å². The minimum atomic E-state index is -0.279. The van der Waals surface area contributed by atoms with Gasteiger partial charge in [-0.05, 0) is 111 Å². The average molecular weight is 686 g/mol. The lowest BCUT2D eigenvalue weighted by atomic mass is 10.1. The highest BCUT2D eigenvalue weighted by Gasteiger charge is 2.10. The smallest absolute Gasteiger partial charge is 0.255 e. The number of benzene rings is 4. The summed E-state index contributed by atoms with van der Waals surface area (Å²) in [5, 5.41) is 15.1. The molecule has 4 N–H and O–H groups in total. The molecule has 4 aromatic rings. The van der Waals surface area contributed by atoms with Crippen LogP contribution in [0.25, 0.3) is 0 Å². The van der Waals surface area contributed by atoms with Crippen molar-refractivity contribution in [3.05, 3.63) is 129 Å². The Morgan fingerprint density at radius 3 is 1.29 bits per heavy atom. The Morgan fingerprint density at radius 1 is 0.542 bits per heavy atom. The van der Waals surface area contributed by atoms with E-state index in [1.54, 1.807) is 98.8 Å². The fraction of sp³-hybridized carbons (Fsp3) is 0.167. The standard InChI is InChI=1S/C36H34Cl2N6O4/c1-23(27-7-5-9-31(21-27)39-35(47)25-13-17-29(37)18-14-25)41-43-33(45)11-3-4-12-34(46)44-42-24(2)28-8-6-10-32(22-28)40-36(48)26-15-19-30(38)20-16-26/h5-10,13-22H,3-4,11-12H2,1-2H3,(H,39,47)(H,40,48)(H,43,45)(H,44,46)/b41-23+,42-24+. The van der Waals surface area contributed by atoms with Crippen LogP contribution in [0.2, 0.25) is 10.0 Å². The molecule has 0 saturated carbocycles. The Balaban J connectivity index is 1.17. The molecule has 0 fully saturated rings. The van der Waals surface area contributed by atoms with Gasteiger partial charge in [0, 0.05) is 45.4 Å². The molecule has 4 amide bonds. The van der Waals surface area contributed by atoms with E-state index in [0.717, 1.165) is 11.1 Å². The van der Waals surface area contributed by atoms with E-state index in [0.29, 0.717) is 56.8 Å². The van der Waals surface area contributed by atoms with Crippen molar-refractivity contribution in [2.45, 2.75) is 39.5 Å². The molecule has 48 heavy (non-hydrogen) atoms. The number of carbonyl (C=O) groups excluding carboxylic acids is 4. The molecule has 0 saturated heterocycles. The van der Waals surface area contributed by atoms with Crippen LogP contribution in [0.1, 0.15) is 71.4 Å². The monoisotopic (exact) mass is 684 g/mol. The number of unbranched alkanes of at least 4 members (excludes halogenated alkanes) is 1. The van der Waals surface area contributed by atoms with E-state index in [9.17, 15) is 19.2 Å². The predicted molar refractivity (Wildman–Crippen MR) is 191 cm³/mol. The van der Waals surface area contributed by atoms with Crippen LogP contribution in [0.3, 0.4) is 0 Å². The Bertz CT molecular complexity index is 1710. The summed E-state index contributed by atoms with van der Waals surface area (Å²) in [6.07, 6.45) is 1.35. The van der Waals surface area contributed by atoms with Gasteiger partial charge >= 0.3 is 0 Å². The van der Waals surface area contributed by atoms with Gasteiger partial charge in [-0.1, -0.05) is 47.5 Å². The molecule has 246 valence electrons. The van der Waals surface area contributed by atoms with Gasteiger partial charge in [-0.15, -0.1) is 0 Å². The molecule has 0 heterocycles. The highest BCUT2D eigenvalue weighted by Crippen LogP contribution is 2.17. The van der Waals surface area contributed by atoms with Gasteiger partial charge in [0.05, 0.1) is 11.4 Å². The summed E-state index contributed by atoms with van der Waals surface area (Å²) in [6, 6.07) is 27.4. The van der Waals surface area contributed by atoms with Gasteiger partial charge in [-0.3, -0.25) is 19.2 Å². The van der Waals surface area contributed by atoms with Gasteiger partial charge in [0.25, 0.3) is 11.8 Å². The third kappa shape index (κ3) is 11.2. The maximum absolute atomic E-state index is 12.5. The first-order chi connectivity index (χ1) is 23.1. The molecule has 0 aromatic heterocycles.